The van der Waals surface area contributed by atoms with Crippen molar-refractivity contribution in [2.45, 2.75) is 44.3 Å². The molecule has 0 aliphatic rings. The SMILES string of the molecule is CC(C)Cn1c(SCc2ccc(Cl)c(Cl)c2)nnc1C(C)Oc1ccccc1Cl. The van der Waals surface area contributed by atoms with E-state index in [2.05, 4.69) is 28.6 Å². The van der Waals surface area contributed by atoms with Gasteiger partial charge in [-0.1, -0.05) is 78.6 Å². The van der Waals surface area contributed by atoms with Crippen molar-refractivity contribution >= 4 is 46.6 Å². The molecule has 2 aromatic carbocycles. The Labute approximate surface area is 190 Å². The van der Waals surface area contributed by atoms with Gasteiger partial charge in [-0.3, -0.25) is 0 Å². The molecule has 1 heterocycles. The maximum Gasteiger partial charge on any atom is 0.191 e. The van der Waals surface area contributed by atoms with Gasteiger partial charge in [0, 0.05) is 12.3 Å². The molecule has 1 unspecified atom stereocenters. The molecule has 0 bridgehead atoms. The number of nitrogens with zero attached hydrogens (tertiary/aromatic N) is 3. The molecule has 0 N–H and O–H groups in total. The minimum absolute atomic E-state index is 0.291. The lowest BCUT2D eigenvalue weighted by molar-refractivity contribution is 0.207. The summed E-state index contributed by atoms with van der Waals surface area (Å²) in [5.74, 6) is 2.55. The van der Waals surface area contributed by atoms with Crippen molar-refractivity contribution in [3.05, 3.63) is 68.9 Å². The second-order valence-corrected chi connectivity index (χ2v) is 9.24. The highest BCUT2D eigenvalue weighted by Crippen LogP contribution is 2.31. The fourth-order valence-corrected chi connectivity index (χ4v) is 4.20. The van der Waals surface area contributed by atoms with Crippen LogP contribution in [0.5, 0.6) is 5.75 Å². The highest BCUT2D eigenvalue weighted by atomic mass is 35.5. The van der Waals surface area contributed by atoms with Crippen molar-refractivity contribution in [2.24, 2.45) is 5.92 Å². The first kappa shape index (κ1) is 22.3. The van der Waals surface area contributed by atoms with E-state index in [1.54, 1.807) is 17.8 Å². The molecule has 3 rings (SSSR count). The van der Waals surface area contributed by atoms with Crippen LogP contribution < -0.4 is 4.74 Å². The van der Waals surface area contributed by atoms with Gasteiger partial charge >= 0.3 is 0 Å². The Morgan fingerprint density at radius 3 is 2.41 bits per heavy atom. The van der Waals surface area contributed by atoms with Gasteiger partial charge < -0.3 is 9.30 Å². The number of halogens is 3. The lowest BCUT2D eigenvalue weighted by Gasteiger charge is -2.18. The average molecular weight is 471 g/mol. The Morgan fingerprint density at radius 2 is 1.72 bits per heavy atom. The second-order valence-electron chi connectivity index (χ2n) is 7.07. The van der Waals surface area contributed by atoms with Crippen LogP contribution >= 0.6 is 46.6 Å². The van der Waals surface area contributed by atoms with Gasteiger partial charge in [0.25, 0.3) is 0 Å². The van der Waals surface area contributed by atoms with Crippen molar-refractivity contribution in [1.29, 1.82) is 0 Å². The third kappa shape index (κ3) is 5.82. The molecular weight excluding hydrogens is 449 g/mol. The van der Waals surface area contributed by atoms with Gasteiger partial charge in [-0.15, -0.1) is 10.2 Å². The summed E-state index contributed by atoms with van der Waals surface area (Å²) in [6.45, 7) is 7.08. The number of thioether (sulfide) groups is 1. The summed E-state index contributed by atoms with van der Waals surface area (Å²) < 4.78 is 8.18. The highest BCUT2D eigenvalue weighted by Gasteiger charge is 2.21. The molecule has 0 amide bonds. The van der Waals surface area contributed by atoms with Crippen molar-refractivity contribution in [3.8, 4) is 5.75 Å². The van der Waals surface area contributed by atoms with Gasteiger partial charge in [-0.05, 0) is 42.7 Å². The zero-order valence-corrected chi connectivity index (χ0v) is 19.5. The minimum Gasteiger partial charge on any atom is -0.481 e. The number of hydrogen-bond donors (Lipinski definition) is 0. The summed E-state index contributed by atoms with van der Waals surface area (Å²) >= 11 is 20.0. The molecule has 0 saturated heterocycles. The Bertz CT molecular complexity index is 978. The largest absolute Gasteiger partial charge is 0.481 e. The molecule has 0 radical (unpaired) electrons. The maximum atomic E-state index is 6.23. The van der Waals surface area contributed by atoms with Crippen molar-refractivity contribution < 1.29 is 4.74 Å². The van der Waals surface area contributed by atoms with Crippen LogP contribution in [-0.2, 0) is 12.3 Å². The van der Waals surface area contributed by atoms with Crippen molar-refractivity contribution in [1.82, 2.24) is 14.8 Å². The Balaban J connectivity index is 1.80. The zero-order chi connectivity index (χ0) is 21.0. The lowest BCUT2D eigenvalue weighted by Crippen LogP contribution is -2.15. The summed E-state index contributed by atoms with van der Waals surface area (Å²) in [7, 11) is 0. The first-order chi connectivity index (χ1) is 13.8. The predicted molar refractivity (Wildman–Crippen MR) is 121 cm³/mol. The topological polar surface area (TPSA) is 39.9 Å². The van der Waals surface area contributed by atoms with Crippen molar-refractivity contribution in [3.63, 3.8) is 0 Å². The molecule has 0 aliphatic heterocycles. The third-order valence-electron chi connectivity index (χ3n) is 4.15. The molecular formula is C21H22Cl3N3OS. The molecule has 1 atom stereocenters. The lowest BCUT2D eigenvalue weighted by atomic mass is 10.2. The number of aromatic nitrogens is 3. The molecule has 0 saturated carbocycles. The van der Waals surface area contributed by atoms with E-state index in [1.165, 1.54) is 0 Å². The van der Waals surface area contributed by atoms with E-state index in [0.717, 1.165) is 23.1 Å². The molecule has 8 heteroatoms. The smallest absolute Gasteiger partial charge is 0.191 e. The normalized spacial score (nSPS) is 12.4. The molecule has 3 aromatic rings. The standard InChI is InChI=1S/C21H22Cl3N3OS/c1-13(2)11-27-20(14(3)28-19-7-5-4-6-17(19)23)25-26-21(27)29-12-15-8-9-16(22)18(24)10-15/h4-10,13-14H,11-12H2,1-3H3. The molecule has 0 aliphatic carbocycles. The predicted octanol–water partition coefficient (Wildman–Crippen LogP) is 7.33. The van der Waals surface area contributed by atoms with E-state index in [4.69, 9.17) is 39.5 Å². The van der Waals surface area contributed by atoms with Gasteiger partial charge in [0.15, 0.2) is 17.1 Å². The number of benzene rings is 2. The fourth-order valence-electron chi connectivity index (χ4n) is 2.81. The van der Waals surface area contributed by atoms with Gasteiger partial charge in [-0.2, -0.15) is 0 Å². The van der Waals surface area contributed by atoms with Crippen LogP contribution in [-0.4, -0.2) is 14.8 Å². The van der Waals surface area contributed by atoms with Crippen LogP contribution in [0.25, 0.3) is 0 Å². The molecule has 0 spiro atoms. The zero-order valence-electron chi connectivity index (χ0n) is 16.4. The van der Waals surface area contributed by atoms with Crippen LogP contribution in [0.4, 0.5) is 0 Å². The van der Waals surface area contributed by atoms with Crippen LogP contribution in [0.1, 0.15) is 38.3 Å². The van der Waals surface area contributed by atoms with Gasteiger partial charge in [0.2, 0.25) is 0 Å². The van der Waals surface area contributed by atoms with Crippen molar-refractivity contribution in [2.75, 3.05) is 0 Å². The monoisotopic (exact) mass is 469 g/mol. The van der Waals surface area contributed by atoms with E-state index in [0.29, 0.717) is 32.5 Å². The summed E-state index contributed by atoms with van der Waals surface area (Å²) in [5.41, 5.74) is 1.07. The van der Waals surface area contributed by atoms with E-state index < -0.39 is 0 Å². The van der Waals surface area contributed by atoms with Gasteiger partial charge in [0.05, 0.1) is 15.1 Å². The van der Waals surface area contributed by atoms with Gasteiger partial charge in [-0.25, -0.2) is 0 Å². The molecule has 154 valence electrons. The number of rotatable bonds is 8. The van der Waals surface area contributed by atoms with Gasteiger partial charge in [0.1, 0.15) is 5.75 Å². The quantitative estimate of drug-likeness (QED) is 0.323. The highest BCUT2D eigenvalue weighted by molar-refractivity contribution is 7.98. The fraction of sp³-hybridized carbons (Fsp3) is 0.333. The van der Waals surface area contributed by atoms with E-state index in [-0.39, 0.29) is 6.10 Å². The first-order valence-electron chi connectivity index (χ1n) is 9.26. The Kier molecular flexibility index (Phi) is 7.74. The average Bonchev–Trinajstić information content (AvgIpc) is 3.06. The van der Waals surface area contributed by atoms with Crippen LogP contribution in [0.2, 0.25) is 15.1 Å². The Morgan fingerprint density at radius 1 is 0.966 bits per heavy atom. The molecule has 4 nitrogen and oxygen atoms in total. The summed E-state index contributed by atoms with van der Waals surface area (Å²) in [4.78, 5) is 0. The van der Waals surface area contributed by atoms with Crippen LogP contribution in [0.15, 0.2) is 47.6 Å². The second kappa shape index (κ2) is 10.1. The van der Waals surface area contributed by atoms with E-state index in [9.17, 15) is 0 Å². The summed E-state index contributed by atoms with van der Waals surface area (Å²) in [5, 5.41) is 11.3. The first-order valence-corrected chi connectivity index (χ1v) is 11.4. The molecule has 29 heavy (non-hydrogen) atoms. The number of ether oxygens (including phenoxy) is 1. The summed E-state index contributed by atoms with van der Waals surface area (Å²) in [6, 6.07) is 13.1. The Hall–Kier alpha value is -1.40. The maximum absolute atomic E-state index is 6.23. The van der Waals surface area contributed by atoms with Crippen LogP contribution in [0, 0.1) is 5.92 Å². The third-order valence-corrected chi connectivity index (χ3v) is 6.24. The minimum atomic E-state index is -0.291. The van der Waals surface area contributed by atoms with E-state index >= 15 is 0 Å². The van der Waals surface area contributed by atoms with Crippen LogP contribution in [0.3, 0.4) is 0 Å². The number of para-hydroxylation sites is 1. The number of hydrogen-bond acceptors (Lipinski definition) is 4. The molecule has 0 fully saturated rings. The van der Waals surface area contributed by atoms with E-state index in [1.807, 2.05) is 43.3 Å². The molecule has 1 aromatic heterocycles. The summed E-state index contributed by atoms with van der Waals surface area (Å²) in [6.07, 6.45) is -0.291.